The number of sulfonamides is 1. The normalized spacial score (nSPS) is 14.4. The molecule has 3 aromatic rings. The van der Waals surface area contributed by atoms with E-state index in [2.05, 4.69) is 27.1 Å². The van der Waals surface area contributed by atoms with E-state index in [9.17, 15) is 22.8 Å². The number of benzene rings is 3. The molecule has 1 aliphatic rings. The highest BCUT2D eigenvalue weighted by Gasteiger charge is 2.23. The second kappa shape index (κ2) is 14.0. The summed E-state index contributed by atoms with van der Waals surface area (Å²) >= 11 is 0. The molecule has 42 heavy (non-hydrogen) atoms. The van der Waals surface area contributed by atoms with Crippen LogP contribution in [-0.4, -0.2) is 51.0 Å². The highest BCUT2D eigenvalue weighted by Crippen LogP contribution is 2.28. The number of esters is 1. The number of hydrogen-bond acceptors (Lipinski definition) is 7. The minimum atomic E-state index is -4.12. The first-order valence-electron chi connectivity index (χ1n) is 14.0. The first kappa shape index (κ1) is 30.6. The van der Waals surface area contributed by atoms with Crippen molar-refractivity contribution in [2.45, 2.75) is 49.8 Å². The maximum absolute atomic E-state index is 13.1. The van der Waals surface area contributed by atoms with Gasteiger partial charge in [-0.3, -0.25) is 19.1 Å². The van der Waals surface area contributed by atoms with Crippen molar-refractivity contribution in [3.63, 3.8) is 0 Å². The van der Waals surface area contributed by atoms with Crippen LogP contribution in [0.25, 0.3) is 0 Å². The molecule has 0 aliphatic carbocycles. The monoisotopic (exact) mass is 593 g/mol. The van der Waals surface area contributed by atoms with Crippen LogP contribution in [0.2, 0.25) is 0 Å². The highest BCUT2D eigenvalue weighted by atomic mass is 32.2. The summed E-state index contributed by atoms with van der Waals surface area (Å²) in [4.78, 5) is 38.5. The van der Waals surface area contributed by atoms with Crippen LogP contribution in [0.4, 0.5) is 11.4 Å². The van der Waals surface area contributed by atoms with Crippen LogP contribution < -0.4 is 19.7 Å². The summed E-state index contributed by atoms with van der Waals surface area (Å²) in [6, 6.07) is 19.3. The third-order valence-electron chi connectivity index (χ3n) is 7.13. The zero-order valence-electron chi connectivity index (χ0n) is 23.4. The molecular weight excluding hydrogens is 558 g/mol. The zero-order chi connectivity index (χ0) is 30.1. The standard InChI is InChI=1S/C31H35N3O7S/c1-2-26(22-11-13-23(14-12-22)34-19-7-3-4-8-20-34)31(38)41-24-15-17-25(18-16-24)42(39,40)33-28-10-6-5-9-27(28)30(37)32-21-29(35)36/h5-6,9-18,26,33H,2-4,7-8,19-21H2,1H3,(H,32,37)(H,35,36). The molecule has 1 unspecified atom stereocenters. The van der Waals surface area contributed by atoms with Gasteiger partial charge < -0.3 is 20.1 Å². The lowest BCUT2D eigenvalue weighted by Gasteiger charge is -2.23. The molecule has 0 spiro atoms. The summed E-state index contributed by atoms with van der Waals surface area (Å²) < 4.78 is 34.0. The summed E-state index contributed by atoms with van der Waals surface area (Å²) in [5.74, 6) is -2.67. The number of nitrogens with zero attached hydrogens (tertiary/aromatic N) is 1. The summed E-state index contributed by atoms with van der Waals surface area (Å²) in [6.07, 6.45) is 5.41. The summed E-state index contributed by atoms with van der Waals surface area (Å²) in [6.45, 7) is 3.38. The van der Waals surface area contributed by atoms with E-state index < -0.39 is 40.3 Å². The first-order chi connectivity index (χ1) is 20.2. The molecule has 4 rings (SSSR count). The van der Waals surface area contributed by atoms with E-state index in [1.165, 1.54) is 68.1 Å². The first-order valence-corrected chi connectivity index (χ1v) is 15.4. The SMILES string of the molecule is CCC(C(=O)Oc1ccc(S(=O)(=O)Nc2ccccc2C(=O)NCC(=O)O)cc1)c1ccc(N2CCCCCC2)cc1. The van der Waals surface area contributed by atoms with Crippen molar-refractivity contribution in [3.05, 3.63) is 83.9 Å². The second-order valence-electron chi connectivity index (χ2n) is 10.1. The van der Waals surface area contributed by atoms with Gasteiger partial charge in [0, 0.05) is 18.8 Å². The number of carbonyl (C=O) groups is 3. The van der Waals surface area contributed by atoms with Crippen LogP contribution in [0.3, 0.4) is 0 Å². The molecule has 1 atom stereocenters. The highest BCUT2D eigenvalue weighted by molar-refractivity contribution is 7.92. The Labute approximate surface area is 245 Å². The molecule has 1 heterocycles. The van der Waals surface area contributed by atoms with Crippen molar-refractivity contribution in [1.82, 2.24) is 5.32 Å². The number of para-hydroxylation sites is 1. The third-order valence-corrected chi connectivity index (χ3v) is 8.51. The predicted octanol–water partition coefficient (Wildman–Crippen LogP) is 4.78. The molecule has 3 aromatic carbocycles. The molecule has 3 N–H and O–H groups in total. The molecule has 1 aliphatic heterocycles. The van der Waals surface area contributed by atoms with Crippen molar-refractivity contribution in [2.75, 3.05) is 29.3 Å². The number of nitrogens with one attached hydrogen (secondary N) is 2. The van der Waals surface area contributed by atoms with Gasteiger partial charge in [-0.25, -0.2) is 8.42 Å². The maximum atomic E-state index is 13.1. The van der Waals surface area contributed by atoms with Gasteiger partial charge in [-0.15, -0.1) is 0 Å². The van der Waals surface area contributed by atoms with Gasteiger partial charge in [0.15, 0.2) is 0 Å². The lowest BCUT2D eigenvalue weighted by Crippen LogP contribution is -2.30. The Morgan fingerprint density at radius 3 is 2.17 bits per heavy atom. The van der Waals surface area contributed by atoms with E-state index in [1.54, 1.807) is 6.07 Å². The Kier molecular flexibility index (Phi) is 10.2. The molecule has 0 bridgehead atoms. The number of rotatable bonds is 11. The molecule has 0 aromatic heterocycles. The molecule has 0 saturated carbocycles. The number of carboxylic acid groups (broad SMARTS) is 1. The molecule has 0 radical (unpaired) electrons. The number of ether oxygens (including phenoxy) is 1. The van der Waals surface area contributed by atoms with Gasteiger partial charge in [0.25, 0.3) is 15.9 Å². The molecule has 11 heteroatoms. The Bertz CT molecular complexity index is 1500. The van der Waals surface area contributed by atoms with E-state index in [0.29, 0.717) is 6.42 Å². The fourth-order valence-electron chi connectivity index (χ4n) is 4.88. The number of carbonyl (C=O) groups excluding carboxylic acids is 2. The lowest BCUT2D eigenvalue weighted by atomic mass is 9.96. The van der Waals surface area contributed by atoms with E-state index >= 15 is 0 Å². The van der Waals surface area contributed by atoms with Crippen LogP contribution in [0, 0.1) is 0 Å². The number of amides is 1. The second-order valence-corrected chi connectivity index (χ2v) is 11.8. The van der Waals surface area contributed by atoms with Crippen molar-refractivity contribution < 1.29 is 32.6 Å². The van der Waals surface area contributed by atoms with E-state index in [0.717, 1.165) is 24.3 Å². The number of hydrogen-bond donors (Lipinski definition) is 3. The molecule has 1 fully saturated rings. The average Bonchev–Trinajstić information content (AvgIpc) is 3.27. The molecule has 222 valence electrons. The molecule has 10 nitrogen and oxygen atoms in total. The number of aliphatic carboxylic acids is 1. The van der Waals surface area contributed by atoms with Gasteiger partial charge in [-0.1, -0.05) is 44.0 Å². The van der Waals surface area contributed by atoms with Crippen LogP contribution in [0.1, 0.15) is 60.9 Å². The lowest BCUT2D eigenvalue weighted by molar-refractivity contribution is -0.137. The van der Waals surface area contributed by atoms with Gasteiger partial charge in [0.05, 0.1) is 22.1 Å². The van der Waals surface area contributed by atoms with Gasteiger partial charge in [0.2, 0.25) is 0 Å². The van der Waals surface area contributed by atoms with E-state index in [1.807, 2.05) is 19.1 Å². The third kappa shape index (κ3) is 7.88. The van der Waals surface area contributed by atoms with Gasteiger partial charge >= 0.3 is 11.9 Å². The van der Waals surface area contributed by atoms with Crippen molar-refractivity contribution in [3.8, 4) is 5.75 Å². The predicted molar refractivity (Wildman–Crippen MR) is 159 cm³/mol. The van der Waals surface area contributed by atoms with Gasteiger partial charge in [-0.2, -0.15) is 0 Å². The minimum absolute atomic E-state index is 0.0106. The van der Waals surface area contributed by atoms with E-state index in [4.69, 9.17) is 9.84 Å². The summed E-state index contributed by atoms with van der Waals surface area (Å²) in [5.41, 5.74) is 1.97. The Morgan fingerprint density at radius 1 is 0.905 bits per heavy atom. The van der Waals surface area contributed by atoms with Crippen molar-refractivity contribution >= 4 is 39.2 Å². The molecular formula is C31H35N3O7S. The average molecular weight is 594 g/mol. The smallest absolute Gasteiger partial charge is 0.322 e. The fourth-order valence-corrected chi connectivity index (χ4v) is 5.96. The van der Waals surface area contributed by atoms with Gasteiger partial charge in [0.1, 0.15) is 12.3 Å². The van der Waals surface area contributed by atoms with E-state index in [-0.39, 0.29) is 21.9 Å². The minimum Gasteiger partial charge on any atom is -0.480 e. The molecule has 1 saturated heterocycles. The topological polar surface area (TPSA) is 142 Å². The van der Waals surface area contributed by atoms with Gasteiger partial charge in [-0.05, 0) is 73.4 Å². The zero-order valence-corrected chi connectivity index (χ0v) is 24.2. The number of anilines is 2. The summed E-state index contributed by atoms with van der Waals surface area (Å²) in [7, 11) is -4.12. The summed E-state index contributed by atoms with van der Waals surface area (Å²) in [5, 5.41) is 11.0. The fraction of sp³-hybridized carbons (Fsp3) is 0.323. The Balaban J connectivity index is 1.41. The van der Waals surface area contributed by atoms with Crippen LogP contribution in [-0.2, 0) is 19.6 Å². The number of carboxylic acids is 1. The van der Waals surface area contributed by atoms with Crippen LogP contribution >= 0.6 is 0 Å². The van der Waals surface area contributed by atoms with Crippen molar-refractivity contribution in [2.24, 2.45) is 0 Å². The van der Waals surface area contributed by atoms with Crippen molar-refractivity contribution in [1.29, 1.82) is 0 Å². The Morgan fingerprint density at radius 2 is 1.55 bits per heavy atom. The van der Waals surface area contributed by atoms with Crippen LogP contribution in [0.5, 0.6) is 5.75 Å². The largest absolute Gasteiger partial charge is 0.480 e. The quantitative estimate of drug-likeness (QED) is 0.213. The maximum Gasteiger partial charge on any atom is 0.322 e. The Hall–Kier alpha value is -4.38. The van der Waals surface area contributed by atoms with Crippen LogP contribution in [0.15, 0.2) is 77.7 Å². The molecule has 1 amide bonds.